The first-order valence-electron chi connectivity index (χ1n) is 5.45. The molecule has 0 aliphatic heterocycles. The van der Waals surface area contributed by atoms with E-state index in [1.165, 1.54) is 19.3 Å². The van der Waals surface area contributed by atoms with Crippen LogP contribution in [-0.4, -0.2) is 5.97 Å². The van der Waals surface area contributed by atoms with Gasteiger partial charge in [-0.25, -0.2) is 0 Å². The number of hydrogen-bond donors (Lipinski definition) is 0. The molecule has 0 bridgehead atoms. The molecule has 1 fully saturated rings. The molecule has 76 valence electrons. The van der Waals surface area contributed by atoms with E-state index in [0.717, 1.165) is 31.6 Å². The molecule has 0 atom stereocenters. The van der Waals surface area contributed by atoms with Gasteiger partial charge in [-0.2, -0.15) is 0 Å². The van der Waals surface area contributed by atoms with Crippen LogP contribution in [0.2, 0.25) is 0 Å². The molecule has 14 heavy (non-hydrogen) atoms. The Morgan fingerprint density at radius 1 is 1.29 bits per heavy atom. The minimum absolute atomic E-state index is 0. The molecular formula is C11H19LiO2. The minimum atomic E-state index is -0.839. The van der Waals surface area contributed by atoms with Gasteiger partial charge in [0.15, 0.2) is 0 Å². The molecule has 2 nitrogen and oxygen atoms in total. The Hall–Kier alpha value is 0.0674. The van der Waals surface area contributed by atoms with Gasteiger partial charge in [0.05, 0.1) is 0 Å². The third-order valence-corrected chi connectivity index (χ3v) is 3.15. The standard InChI is InChI=1S/C11H20O2.Li/c1-2-3-4-9-5-7-10(8-6-9)11(12)13;/h9-10H,2-8H2,1H3,(H,12,13);/q;+1/p-1. The van der Waals surface area contributed by atoms with Crippen molar-refractivity contribution in [2.45, 2.75) is 51.9 Å². The van der Waals surface area contributed by atoms with Crippen molar-refractivity contribution in [2.24, 2.45) is 11.8 Å². The average molecular weight is 190 g/mol. The monoisotopic (exact) mass is 190 g/mol. The molecule has 1 rings (SSSR count). The van der Waals surface area contributed by atoms with Gasteiger partial charge in [0.25, 0.3) is 0 Å². The second kappa shape index (κ2) is 7.37. The molecule has 0 unspecified atom stereocenters. The Morgan fingerprint density at radius 2 is 1.86 bits per heavy atom. The van der Waals surface area contributed by atoms with Gasteiger partial charge in [-0.05, 0) is 37.5 Å². The summed E-state index contributed by atoms with van der Waals surface area (Å²) in [6, 6.07) is 0. The van der Waals surface area contributed by atoms with Crippen LogP contribution in [0.25, 0.3) is 0 Å². The van der Waals surface area contributed by atoms with E-state index < -0.39 is 5.97 Å². The molecule has 0 saturated heterocycles. The van der Waals surface area contributed by atoms with Gasteiger partial charge in [-0.1, -0.05) is 26.2 Å². The summed E-state index contributed by atoms with van der Waals surface area (Å²) < 4.78 is 0. The topological polar surface area (TPSA) is 40.1 Å². The van der Waals surface area contributed by atoms with Crippen molar-refractivity contribution < 1.29 is 28.8 Å². The van der Waals surface area contributed by atoms with Gasteiger partial charge >= 0.3 is 18.9 Å². The fourth-order valence-electron chi connectivity index (χ4n) is 2.18. The number of carboxylic acids is 1. The number of carbonyl (C=O) groups excluding carboxylic acids is 1. The zero-order valence-electron chi connectivity index (χ0n) is 9.42. The molecule has 3 heteroatoms. The van der Waals surface area contributed by atoms with Crippen molar-refractivity contribution >= 4 is 5.97 Å². The van der Waals surface area contributed by atoms with Crippen LogP contribution in [0.5, 0.6) is 0 Å². The number of hydrogen-bond acceptors (Lipinski definition) is 2. The second-order valence-corrected chi connectivity index (χ2v) is 4.18. The predicted octanol–water partition coefficient (Wildman–Crippen LogP) is -1.26. The Kier molecular flexibility index (Phi) is 7.41. The fourth-order valence-corrected chi connectivity index (χ4v) is 2.18. The summed E-state index contributed by atoms with van der Waals surface area (Å²) in [6.07, 6.45) is 7.71. The van der Waals surface area contributed by atoms with Crippen LogP contribution in [0.4, 0.5) is 0 Å². The van der Waals surface area contributed by atoms with Crippen LogP contribution >= 0.6 is 0 Å². The molecule has 0 amide bonds. The van der Waals surface area contributed by atoms with Gasteiger partial charge in [0, 0.05) is 5.97 Å². The van der Waals surface area contributed by atoms with Crippen molar-refractivity contribution in [1.29, 1.82) is 0 Å². The first-order valence-corrected chi connectivity index (χ1v) is 5.45. The van der Waals surface area contributed by atoms with E-state index in [9.17, 15) is 9.90 Å². The van der Waals surface area contributed by atoms with E-state index in [0.29, 0.717) is 0 Å². The molecule has 0 aromatic carbocycles. The SMILES string of the molecule is CCCCC1CCC(C(=O)[O-])CC1.[Li+]. The van der Waals surface area contributed by atoms with E-state index in [1.54, 1.807) is 0 Å². The summed E-state index contributed by atoms with van der Waals surface area (Å²) in [5, 5.41) is 10.6. The van der Waals surface area contributed by atoms with Crippen LogP contribution in [0, 0.1) is 11.8 Å². The van der Waals surface area contributed by atoms with Crippen LogP contribution in [-0.2, 0) is 4.79 Å². The van der Waals surface area contributed by atoms with Gasteiger partial charge in [-0.15, -0.1) is 0 Å². The van der Waals surface area contributed by atoms with Crippen LogP contribution in [0.3, 0.4) is 0 Å². The molecule has 0 aromatic rings. The Morgan fingerprint density at radius 3 is 2.29 bits per heavy atom. The smallest absolute Gasteiger partial charge is 0.550 e. The summed E-state index contributed by atoms with van der Waals surface area (Å²) in [5.41, 5.74) is 0. The quantitative estimate of drug-likeness (QED) is 0.519. The average Bonchev–Trinajstić information content (AvgIpc) is 2.15. The number of carboxylic acid groups (broad SMARTS) is 1. The van der Waals surface area contributed by atoms with Crippen LogP contribution < -0.4 is 24.0 Å². The van der Waals surface area contributed by atoms with Crippen molar-refractivity contribution in [3.8, 4) is 0 Å². The second-order valence-electron chi connectivity index (χ2n) is 4.18. The maximum atomic E-state index is 10.6. The van der Waals surface area contributed by atoms with Gasteiger partial charge in [-0.3, -0.25) is 0 Å². The molecule has 0 N–H and O–H groups in total. The molecule has 1 aliphatic carbocycles. The fraction of sp³-hybridized carbons (Fsp3) is 0.909. The van der Waals surface area contributed by atoms with E-state index in [-0.39, 0.29) is 24.8 Å². The summed E-state index contributed by atoms with van der Waals surface area (Å²) in [4.78, 5) is 10.6. The summed E-state index contributed by atoms with van der Waals surface area (Å²) in [6.45, 7) is 2.20. The molecule has 0 aromatic heterocycles. The van der Waals surface area contributed by atoms with E-state index in [4.69, 9.17) is 0 Å². The van der Waals surface area contributed by atoms with Crippen molar-refractivity contribution in [3.05, 3.63) is 0 Å². The largest absolute Gasteiger partial charge is 1.00 e. The maximum Gasteiger partial charge on any atom is 1.00 e. The molecule has 0 spiro atoms. The van der Waals surface area contributed by atoms with E-state index in [2.05, 4.69) is 6.92 Å². The Bertz CT molecular complexity index is 163. The van der Waals surface area contributed by atoms with Crippen molar-refractivity contribution in [3.63, 3.8) is 0 Å². The minimum Gasteiger partial charge on any atom is -0.550 e. The summed E-state index contributed by atoms with van der Waals surface area (Å²) in [7, 11) is 0. The number of unbranched alkanes of at least 4 members (excludes halogenated alkanes) is 1. The Labute approximate surface area is 98.6 Å². The van der Waals surface area contributed by atoms with Crippen LogP contribution in [0.1, 0.15) is 51.9 Å². The first kappa shape index (κ1) is 14.1. The normalized spacial score (nSPS) is 26.6. The zero-order chi connectivity index (χ0) is 9.68. The summed E-state index contributed by atoms with van der Waals surface area (Å²) in [5.74, 6) is -0.206. The number of carbonyl (C=O) groups is 1. The first-order chi connectivity index (χ1) is 6.24. The van der Waals surface area contributed by atoms with E-state index >= 15 is 0 Å². The maximum absolute atomic E-state index is 10.6. The molecular weight excluding hydrogens is 171 g/mol. The molecule has 0 heterocycles. The van der Waals surface area contributed by atoms with Gasteiger partial charge in [0.1, 0.15) is 0 Å². The van der Waals surface area contributed by atoms with Crippen molar-refractivity contribution in [1.82, 2.24) is 0 Å². The third-order valence-electron chi connectivity index (χ3n) is 3.15. The molecule has 1 saturated carbocycles. The van der Waals surface area contributed by atoms with Gasteiger partial charge < -0.3 is 9.90 Å². The van der Waals surface area contributed by atoms with Gasteiger partial charge in [0.2, 0.25) is 0 Å². The Balaban J connectivity index is 0.00000169. The third kappa shape index (κ3) is 4.53. The van der Waals surface area contributed by atoms with E-state index in [1.807, 2.05) is 0 Å². The zero-order valence-corrected chi connectivity index (χ0v) is 9.42. The summed E-state index contributed by atoms with van der Waals surface area (Å²) >= 11 is 0. The van der Waals surface area contributed by atoms with Crippen molar-refractivity contribution in [2.75, 3.05) is 0 Å². The van der Waals surface area contributed by atoms with Crippen LogP contribution in [0.15, 0.2) is 0 Å². The molecule has 1 aliphatic rings. The number of aliphatic carboxylic acids is 1. The predicted molar refractivity (Wildman–Crippen MR) is 50.0 cm³/mol. The number of rotatable bonds is 4. The molecule has 0 radical (unpaired) electrons.